The molecule has 100 valence electrons. The molecule has 0 saturated heterocycles. The molecule has 0 spiro atoms. The summed E-state index contributed by atoms with van der Waals surface area (Å²) in [5.41, 5.74) is 0.800. The van der Waals surface area contributed by atoms with Crippen LogP contribution in [-0.2, 0) is 16.1 Å². The molecule has 1 aromatic rings. The second kappa shape index (κ2) is 6.89. The molecule has 0 atom stereocenters. The minimum Gasteiger partial charge on any atom is -0.497 e. The fourth-order valence-corrected chi connectivity index (χ4v) is 1.55. The van der Waals surface area contributed by atoms with Crippen molar-refractivity contribution in [2.75, 3.05) is 14.2 Å². The average molecular weight is 252 g/mol. The smallest absolute Gasteiger partial charge is 0.306 e. The largest absolute Gasteiger partial charge is 0.497 e. The Bertz CT molecular complexity index is 399. The molecule has 1 aromatic carbocycles. The van der Waals surface area contributed by atoms with Crippen LogP contribution in [0.2, 0.25) is 0 Å². The maximum absolute atomic E-state index is 11.5. The normalized spacial score (nSPS) is 10.3. The zero-order chi connectivity index (χ0) is 13.5. The van der Waals surface area contributed by atoms with Crippen molar-refractivity contribution in [3.63, 3.8) is 0 Å². The monoisotopic (exact) mass is 252 g/mol. The molecule has 0 unspecified atom stereocenters. The van der Waals surface area contributed by atoms with Gasteiger partial charge in [-0.15, -0.1) is 0 Å². The minimum absolute atomic E-state index is 0.199. The molecule has 0 aliphatic heterocycles. The number of methoxy groups -OCH3 is 2. The fourth-order valence-electron chi connectivity index (χ4n) is 1.55. The standard InChI is InChI=1S/C14H20O4/c1-10(2)7-14(15)18-9-11-8-12(16-3)5-6-13(11)17-4/h5-6,8,10H,7,9H2,1-4H3. The lowest BCUT2D eigenvalue weighted by atomic mass is 10.1. The highest BCUT2D eigenvalue weighted by Crippen LogP contribution is 2.24. The average Bonchev–Trinajstić information content (AvgIpc) is 2.35. The Morgan fingerprint density at radius 2 is 1.94 bits per heavy atom. The molecular formula is C14H20O4. The first-order chi connectivity index (χ1) is 8.56. The van der Waals surface area contributed by atoms with Crippen LogP contribution in [0.3, 0.4) is 0 Å². The summed E-state index contributed by atoms with van der Waals surface area (Å²) in [7, 11) is 3.18. The molecule has 1 rings (SSSR count). The molecule has 0 aromatic heterocycles. The molecule has 4 nitrogen and oxygen atoms in total. The lowest BCUT2D eigenvalue weighted by Crippen LogP contribution is -2.08. The van der Waals surface area contributed by atoms with Crippen molar-refractivity contribution < 1.29 is 19.0 Å². The second-order valence-corrected chi connectivity index (χ2v) is 4.44. The molecule has 0 fully saturated rings. The third kappa shape index (κ3) is 4.28. The summed E-state index contributed by atoms with van der Waals surface area (Å²) in [6, 6.07) is 5.41. The molecule has 0 heterocycles. The Balaban J connectivity index is 2.67. The van der Waals surface area contributed by atoms with E-state index in [2.05, 4.69) is 0 Å². The van der Waals surface area contributed by atoms with E-state index in [0.717, 1.165) is 5.56 Å². The van der Waals surface area contributed by atoms with E-state index >= 15 is 0 Å². The number of hydrogen-bond acceptors (Lipinski definition) is 4. The highest BCUT2D eigenvalue weighted by molar-refractivity contribution is 5.69. The third-order valence-electron chi connectivity index (χ3n) is 2.45. The van der Waals surface area contributed by atoms with Gasteiger partial charge in [0, 0.05) is 12.0 Å². The van der Waals surface area contributed by atoms with Crippen LogP contribution in [0.1, 0.15) is 25.8 Å². The van der Waals surface area contributed by atoms with Crippen molar-refractivity contribution >= 4 is 5.97 Å². The Hall–Kier alpha value is -1.71. The van der Waals surface area contributed by atoms with Crippen LogP contribution in [0.5, 0.6) is 11.5 Å². The van der Waals surface area contributed by atoms with Gasteiger partial charge in [0.1, 0.15) is 18.1 Å². The van der Waals surface area contributed by atoms with Gasteiger partial charge < -0.3 is 14.2 Å². The topological polar surface area (TPSA) is 44.8 Å². The molecule has 0 N–H and O–H groups in total. The summed E-state index contributed by atoms with van der Waals surface area (Å²) >= 11 is 0. The van der Waals surface area contributed by atoms with Crippen LogP contribution in [0.4, 0.5) is 0 Å². The molecule has 18 heavy (non-hydrogen) atoms. The van der Waals surface area contributed by atoms with Crippen molar-refractivity contribution in [2.24, 2.45) is 5.92 Å². The molecule has 0 aliphatic rings. The van der Waals surface area contributed by atoms with E-state index in [1.165, 1.54) is 0 Å². The Kier molecular flexibility index (Phi) is 5.49. The van der Waals surface area contributed by atoms with Crippen LogP contribution >= 0.6 is 0 Å². The highest BCUT2D eigenvalue weighted by atomic mass is 16.5. The maximum atomic E-state index is 11.5. The van der Waals surface area contributed by atoms with E-state index in [-0.39, 0.29) is 12.6 Å². The number of carbonyl (C=O) groups excluding carboxylic acids is 1. The van der Waals surface area contributed by atoms with Gasteiger partial charge in [-0.05, 0) is 24.1 Å². The molecule has 4 heteroatoms. The lowest BCUT2D eigenvalue weighted by molar-refractivity contribution is -0.145. The van der Waals surface area contributed by atoms with Gasteiger partial charge in [-0.2, -0.15) is 0 Å². The molecule has 0 saturated carbocycles. The molecule has 0 amide bonds. The summed E-state index contributed by atoms with van der Waals surface area (Å²) in [6.07, 6.45) is 0.423. The summed E-state index contributed by atoms with van der Waals surface area (Å²) < 4.78 is 15.5. The Morgan fingerprint density at radius 3 is 2.50 bits per heavy atom. The Morgan fingerprint density at radius 1 is 1.22 bits per heavy atom. The third-order valence-corrected chi connectivity index (χ3v) is 2.45. The van der Waals surface area contributed by atoms with E-state index in [0.29, 0.717) is 23.8 Å². The zero-order valence-corrected chi connectivity index (χ0v) is 11.4. The van der Waals surface area contributed by atoms with Gasteiger partial charge in [0.25, 0.3) is 0 Å². The molecule has 0 bridgehead atoms. The van der Waals surface area contributed by atoms with Crippen LogP contribution in [0.25, 0.3) is 0 Å². The highest BCUT2D eigenvalue weighted by Gasteiger charge is 2.10. The van der Waals surface area contributed by atoms with E-state index < -0.39 is 0 Å². The summed E-state index contributed by atoms with van der Waals surface area (Å²) in [5, 5.41) is 0. The molecular weight excluding hydrogens is 232 g/mol. The number of ether oxygens (including phenoxy) is 3. The SMILES string of the molecule is COc1ccc(OC)c(COC(=O)CC(C)C)c1. The van der Waals surface area contributed by atoms with Crippen molar-refractivity contribution in [1.29, 1.82) is 0 Å². The number of carbonyl (C=O) groups is 1. The van der Waals surface area contributed by atoms with Gasteiger partial charge >= 0.3 is 5.97 Å². The van der Waals surface area contributed by atoms with Gasteiger partial charge in [0.05, 0.1) is 14.2 Å². The van der Waals surface area contributed by atoms with Crippen LogP contribution in [0.15, 0.2) is 18.2 Å². The van der Waals surface area contributed by atoms with E-state index in [9.17, 15) is 4.79 Å². The zero-order valence-electron chi connectivity index (χ0n) is 11.4. The van der Waals surface area contributed by atoms with Crippen LogP contribution in [-0.4, -0.2) is 20.2 Å². The van der Waals surface area contributed by atoms with E-state index in [1.54, 1.807) is 26.4 Å². The minimum atomic E-state index is -0.199. The van der Waals surface area contributed by atoms with Crippen molar-refractivity contribution in [2.45, 2.75) is 26.9 Å². The predicted octanol–water partition coefficient (Wildman–Crippen LogP) is 2.79. The van der Waals surface area contributed by atoms with Gasteiger partial charge in [-0.1, -0.05) is 13.8 Å². The first kappa shape index (κ1) is 14.4. The predicted molar refractivity (Wildman–Crippen MR) is 68.8 cm³/mol. The van der Waals surface area contributed by atoms with Crippen molar-refractivity contribution in [3.8, 4) is 11.5 Å². The van der Waals surface area contributed by atoms with Gasteiger partial charge in [0.2, 0.25) is 0 Å². The fraction of sp³-hybridized carbons (Fsp3) is 0.500. The van der Waals surface area contributed by atoms with E-state index in [4.69, 9.17) is 14.2 Å². The number of hydrogen-bond donors (Lipinski definition) is 0. The van der Waals surface area contributed by atoms with Gasteiger partial charge in [-0.3, -0.25) is 4.79 Å². The van der Waals surface area contributed by atoms with Crippen LogP contribution < -0.4 is 9.47 Å². The number of benzene rings is 1. The molecule has 0 radical (unpaired) electrons. The first-order valence-corrected chi connectivity index (χ1v) is 5.93. The first-order valence-electron chi connectivity index (χ1n) is 5.93. The lowest BCUT2D eigenvalue weighted by Gasteiger charge is -2.11. The summed E-state index contributed by atoms with van der Waals surface area (Å²) in [4.78, 5) is 11.5. The van der Waals surface area contributed by atoms with Crippen molar-refractivity contribution in [1.82, 2.24) is 0 Å². The van der Waals surface area contributed by atoms with Gasteiger partial charge in [-0.25, -0.2) is 0 Å². The number of rotatable bonds is 6. The molecule has 0 aliphatic carbocycles. The Labute approximate surface area is 108 Å². The van der Waals surface area contributed by atoms with E-state index in [1.807, 2.05) is 19.9 Å². The number of esters is 1. The van der Waals surface area contributed by atoms with Crippen molar-refractivity contribution in [3.05, 3.63) is 23.8 Å². The quantitative estimate of drug-likeness (QED) is 0.730. The second-order valence-electron chi connectivity index (χ2n) is 4.44. The summed E-state index contributed by atoms with van der Waals surface area (Å²) in [6.45, 7) is 4.16. The van der Waals surface area contributed by atoms with Gasteiger partial charge in [0.15, 0.2) is 0 Å². The maximum Gasteiger partial charge on any atom is 0.306 e. The van der Waals surface area contributed by atoms with Crippen LogP contribution in [0, 0.1) is 5.92 Å². The summed E-state index contributed by atoms with van der Waals surface area (Å²) in [5.74, 6) is 1.50.